The third kappa shape index (κ3) is 5.59. The molecule has 2 N–H and O–H groups in total. The van der Waals surface area contributed by atoms with E-state index in [1.165, 1.54) is 17.4 Å². The maximum atomic E-state index is 12.9. The number of benzene rings is 1. The zero-order valence-corrected chi connectivity index (χ0v) is 17.6. The van der Waals surface area contributed by atoms with Gasteiger partial charge in [0.25, 0.3) is 0 Å². The van der Waals surface area contributed by atoms with E-state index in [9.17, 15) is 18.0 Å². The van der Waals surface area contributed by atoms with E-state index in [1.807, 2.05) is 11.8 Å². The number of likely N-dealkylation sites (tertiary alicyclic amines) is 1. The number of alkyl halides is 3. The number of nitrogens with two attached hydrogens (primary N) is 1. The van der Waals surface area contributed by atoms with E-state index in [-0.39, 0.29) is 43.2 Å². The van der Waals surface area contributed by atoms with Crippen molar-refractivity contribution in [3.8, 4) is 10.6 Å². The Balaban J connectivity index is 0.00000196. The van der Waals surface area contributed by atoms with Crippen LogP contribution in [0.1, 0.15) is 24.6 Å². The van der Waals surface area contributed by atoms with Crippen LogP contribution < -0.4 is 5.73 Å². The van der Waals surface area contributed by atoms with Gasteiger partial charge in [-0.05, 0) is 37.9 Å². The largest absolute Gasteiger partial charge is 0.416 e. The summed E-state index contributed by atoms with van der Waals surface area (Å²) in [6.07, 6.45) is -3.34. The maximum absolute atomic E-state index is 12.9. The van der Waals surface area contributed by atoms with Crippen molar-refractivity contribution in [1.29, 1.82) is 0 Å². The van der Waals surface area contributed by atoms with Crippen LogP contribution in [-0.2, 0) is 17.4 Å². The molecule has 2 unspecified atom stereocenters. The van der Waals surface area contributed by atoms with Crippen molar-refractivity contribution in [1.82, 2.24) is 9.88 Å². The second-order valence-electron chi connectivity index (χ2n) is 6.63. The molecule has 1 amide bonds. The Morgan fingerprint density at radius 3 is 2.68 bits per heavy atom. The molecule has 2 atom stereocenters. The fraction of sp³-hybridized carbons (Fsp3) is 0.444. The number of thiazole rings is 1. The van der Waals surface area contributed by atoms with Gasteiger partial charge in [-0.2, -0.15) is 13.2 Å². The molecule has 1 aromatic heterocycles. The van der Waals surface area contributed by atoms with Crippen LogP contribution in [0.3, 0.4) is 0 Å². The number of hydrogen-bond donors (Lipinski definition) is 1. The second-order valence-corrected chi connectivity index (χ2v) is 7.49. The molecule has 2 aromatic rings. The number of aromatic nitrogens is 1. The summed E-state index contributed by atoms with van der Waals surface area (Å²) in [5.74, 6) is 0.305. The van der Waals surface area contributed by atoms with Crippen molar-refractivity contribution in [3.63, 3.8) is 0 Å². The summed E-state index contributed by atoms with van der Waals surface area (Å²) in [5, 5.41) is 2.21. The Labute approximate surface area is 178 Å². The molecule has 10 heteroatoms. The Kier molecular flexibility index (Phi) is 8.74. The van der Waals surface area contributed by atoms with Gasteiger partial charge in [-0.25, -0.2) is 4.98 Å². The predicted octanol–water partition coefficient (Wildman–Crippen LogP) is 4.41. The molecule has 0 radical (unpaired) electrons. The van der Waals surface area contributed by atoms with Crippen LogP contribution in [0, 0.1) is 5.92 Å². The van der Waals surface area contributed by atoms with Gasteiger partial charge in [0.2, 0.25) is 5.91 Å². The molecular formula is C18H22Cl2F3N3OS. The summed E-state index contributed by atoms with van der Waals surface area (Å²) in [7, 11) is 0. The highest BCUT2D eigenvalue weighted by Gasteiger charge is 2.32. The number of hydrogen-bond acceptors (Lipinski definition) is 4. The maximum Gasteiger partial charge on any atom is 0.416 e. The fourth-order valence-electron chi connectivity index (χ4n) is 3.27. The lowest BCUT2D eigenvalue weighted by molar-refractivity contribution is -0.137. The molecular weight excluding hydrogens is 434 g/mol. The normalized spacial score (nSPS) is 19.1. The van der Waals surface area contributed by atoms with Gasteiger partial charge in [0.1, 0.15) is 5.01 Å². The van der Waals surface area contributed by atoms with Gasteiger partial charge in [-0.3, -0.25) is 4.79 Å². The number of halogens is 5. The van der Waals surface area contributed by atoms with Gasteiger partial charge in [-0.1, -0.05) is 12.1 Å². The summed E-state index contributed by atoms with van der Waals surface area (Å²) in [6, 6.07) is 5.22. The van der Waals surface area contributed by atoms with Crippen molar-refractivity contribution in [3.05, 3.63) is 40.9 Å². The molecule has 0 spiro atoms. The van der Waals surface area contributed by atoms with E-state index in [0.717, 1.165) is 18.6 Å². The molecule has 156 valence electrons. The molecule has 1 fully saturated rings. The first-order chi connectivity index (χ1) is 12.3. The van der Waals surface area contributed by atoms with E-state index in [0.29, 0.717) is 35.3 Å². The zero-order valence-electron chi connectivity index (χ0n) is 15.1. The van der Waals surface area contributed by atoms with Crippen LogP contribution in [0.15, 0.2) is 29.6 Å². The van der Waals surface area contributed by atoms with Gasteiger partial charge in [0, 0.05) is 23.5 Å². The summed E-state index contributed by atoms with van der Waals surface area (Å²) < 4.78 is 38.6. The average Bonchev–Trinajstić information content (AvgIpc) is 3.20. The molecule has 1 saturated heterocycles. The van der Waals surface area contributed by atoms with Crippen molar-refractivity contribution >= 4 is 42.1 Å². The van der Waals surface area contributed by atoms with Gasteiger partial charge in [0.15, 0.2) is 0 Å². The predicted molar refractivity (Wildman–Crippen MR) is 109 cm³/mol. The quantitative estimate of drug-likeness (QED) is 0.742. The standard InChI is InChI=1S/C18H20F3N3OS.2ClH/c1-11-5-12(8-22)9-24(11)16(25)7-15-10-26-17(23-15)13-3-2-4-14(6-13)18(19,20)21;;/h2-4,6,10-12H,5,7-9,22H2,1H3;2*1H. The molecule has 28 heavy (non-hydrogen) atoms. The van der Waals surface area contributed by atoms with Crippen molar-refractivity contribution in [2.45, 2.75) is 32.0 Å². The minimum atomic E-state index is -4.39. The van der Waals surface area contributed by atoms with Crippen LogP contribution in [0.4, 0.5) is 13.2 Å². The molecule has 1 aromatic carbocycles. The third-order valence-electron chi connectivity index (χ3n) is 4.64. The van der Waals surface area contributed by atoms with E-state index in [1.54, 1.807) is 11.4 Å². The highest BCUT2D eigenvalue weighted by molar-refractivity contribution is 7.13. The van der Waals surface area contributed by atoms with Crippen LogP contribution in [0.5, 0.6) is 0 Å². The third-order valence-corrected chi connectivity index (χ3v) is 5.58. The summed E-state index contributed by atoms with van der Waals surface area (Å²) in [6.45, 7) is 3.22. The number of nitrogens with zero attached hydrogens (tertiary/aromatic N) is 2. The smallest absolute Gasteiger partial charge is 0.339 e. The average molecular weight is 456 g/mol. The van der Waals surface area contributed by atoms with Crippen LogP contribution in [0.2, 0.25) is 0 Å². The molecule has 3 rings (SSSR count). The minimum absolute atomic E-state index is 0. The highest BCUT2D eigenvalue weighted by Crippen LogP contribution is 2.33. The molecule has 0 saturated carbocycles. The summed E-state index contributed by atoms with van der Waals surface area (Å²) >= 11 is 1.24. The topological polar surface area (TPSA) is 59.2 Å². The number of carbonyl (C=O) groups excluding carboxylic acids is 1. The Morgan fingerprint density at radius 2 is 2.07 bits per heavy atom. The fourth-order valence-corrected chi connectivity index (χ4v) is 4.08. The summed E-state index contributed by atoms with van der Waals surface area (Å²) in [4.78, 5) is 18.7. The Hall–Kier alpha value is -1.35. The molecule has 2 heterocycles. The first-order valence-electron chi connectivity index (χ1n) is 8.39. The van der Waals surface area contributed by atoms with Crippen molar-refractivity contribution in [2.24, 2.45) is 11.7 Å². The van der Waals surface area contributed by atoms with Gasteiger partial charge >= 0.3 is 6.18 Å². The van der Waals surface area contributed by atoms with Gasteiger partial charge in [0.05, 0.1) is 17.7 Å². The van der Waals surface area contributed by atoms with Crippen molar-refractivity contribution < 1.29 is 18.0 Å². The molecule has 1 aliphatic heterocycles. The molecule has 1 aliphatic rings. The van der Waals surface area contributed by atoms with Gasteiger partial charge in [-0.15, -0.1) is 36.2 Å². The first-order valence-corrected chi connectivity index (χ1v) is 9.27. The number of amides is 1. The van der Waals surface area contributed by atoms with E-state index >= 15 is 0 Å². The van der Waals surface area contributed by atoms with Crippen molar-refractivity contribution in [2.75, 3.05) is 13.1 Å². The molecule has 4 nitrogen and oxygen atoms in total. The first kappa shape index (κ1) is 24.7. The van der Waals surface area contributed by atoms with Crippen LogP contribution in [-0.4, -0.2) is 34.9 Å². The zero-order chi connectivity index (χ0) is 18.9. The highest BCUT2D eigenvalue weighted by atomic mass is 35.5. The van der Waals surface area contributed by atoms with Crippen LogP contribution in [0.25, 0.3) is 10.6 Å². The van der Waals surface area contributed by atoms with E-state index < -0.39 is 11.7 Å². The summed E-state index contributed by atoms with van der Waals surface area (Å²) in [5.41, 5.74) is 5.97. The number of rotatable bonds is 4. The number of carbonyl (C=O) groups is 1. The SMILES string of the molecule is CC1CC(CN)CN1C(=O)Cc1csc(-c2cccc(C(F)(F)F)c2)n1.Cl.Cl. The molecule has 0 aliphatic carbocycles. The van der Waals surface area contributed by atoms with Gasteiger partial charge < -0.3 is 10.6 Å². The lowest BCUT2D eigenvalue weighted by atomic mass is 10.1. The minimum Gasteiger partial charge on any atom is -0.339 e. The lowest BCUT2D eigenvalue weighted by Crippen LogP contribution is -2.35. The Bertz CT molecular complexity index is 800. The van der Waals surface area contributed by atoms with Crippen LogP contribution >= 0.6 is 36.2 Å². The lowest BCUT2D eigenvalue weighted by Gasteiger charge is -2.21. The molecule has 0 bridgehead atoms. The van der Waals surface area contributed by atoms with E-state index in [4.69, 9.17) is 5.73 Å². The monoisotopic (exact) mass is 455 g/mol. The Morgan fingerprint density at radius 1 is 1.36 bits per heavy atom. The second kappa shape index (κ2) is 9.91. The van der Waals surface area contributed by atoms with E-state index in [2.05, 4.69) is 4.98 Å².